The molecule has 4 N–H and O–H groups in total. The second kappa shape index (κ2) is 17.9. The summed E-state index contributed by atoms with van der Waals surface area (Å²) < 4.78 is 14.2. The number of pyridine rings is 1. The van der Waals surface area contributed by atoms with E-state index >= 15 is 0 Å². The quantitative estimate of drug-likeness (QED) is 0.136. The Morgan fingerprint density at radius 2 is 1.69 bits per heavy atom. The highest BCUT2D eigenvalue weighted by atomic mass is 16.5. The number of hydrogen-bond donors (Lipinski definition) is 3. The zero-order chi connectivity index (χ0) is 46.6. The molecule has 3 atom stereocenters. The van der Waals surface area contributed by atoms with Crippen LogP contribution in [-0.4, -0.2) is 118 Å². The van der Waals surface area contributed by atoms with Gasteiger partial charge in [0.25, 0.3) is 11.5 Å². The number of ether oxygens (including phenoxy) is 2. The van der Waals surface area contributed by atoms with Crippen LogP contribution in [0.2, 0.25) is 0 Å². The number of piperidine rings is 1. The lowest BCUT2D eigenvalue weighted by molar-refractivity contribution is -0.120. The number of nitrogens with two attached hydrogens (primary N) is 1. The number of aromatic nitrogens is 4. The van der Waals surface area contributed by atoms with Gasteiger partial charge in [-0.15, -0.1) is 0 Å². The number of urea groups is 1. The van der Waals surface area contributed by atoms with E-state index in [2.05, 4.69) is 64.3 Å². The van der Waals surface area contributed by atoms with E-state index in [0.29, 0.717) is 40.9 Å². The predicted molar refractivity (Wildman–Crippen MR) is 257 cm³/mol. The molecule has 6 aromatic rings. The molecule has 4 fully saturated rings. The van der Waals surface area contributed by atoms with E-state index in [9.17, 15) is 19.2 Å². The lowest BCUT2D eigenvalue weighted by atomic mass is 9.86. The molecule has 16 heteroatoms. The Labute approximate surface area is 389 Å². The van der Waals surface area contributed by atoms with Crippen molar-refractivity contribution in [2.75, 3.05) is 62.7 Å². The van der Waals surface area contributed by atoms with Crippen molar-refractivity contribution >= 4 is 51.3 Å². The number of piperazine rings is 1. The Morgan fingerprint density at radius 1 is 0.896 bits per heavy atom. The summed E-state index contributed by atoms with van der Waals surface area (Å²) in [6.07, 6.45) is 7.77. The molecular weight excluding hydrogens is 849 g/mol. The first kappa shape index (κ1) is 44.2. The van der Waals surface area contributed by atoms with Gasteiger partial charge in [-0.1, -0.05) is 36.4 Å². The van der Waals surface area contributed by atoms with Crippen LogP contribution < -0.4 is 31.1 Å². The number of hydrogen-bond acceptors (Lipinski definition) is 11. The molecule has 0 radical (unpaired) electrons. The molecule has 348 valence electrons. The molecule has 3 aromatic heterocycles. The molecule has 1 saturated carbocycles. The monoisotopic (exact) mass is 906 g/mol. The van der Waals surface area contributed by atoms with Gasteiger partial charge in [-0.3, -0.25) is 29.5 Å². The maximum atomic E-state index is 14.1. The number of carbonyl (C=O) groups is 3. The third kappa shape index (κ3) is 8.31. The molecule has 3 aromatic carbocycles. The number of amides is 4. The molecule has 1 aliphatic carbocycles. The van der Waals surface area contributed by atoms with Gasteiger partial charge in [0.1, 0.15) is 16.9 Å². The summed E-state index contributed by atoms with van der Waals surface area (Å²) in [5.41, 5.74) is 11.6. The third-order valence-corrected chi connectivity index (χ3v) is 14.2. The van der Waals surface area contributed by atoms with Crippen molar-refractivity contribution in [2.45, 2.75) is 69.7 Å². The van der Waals surface area contributed by atoms with Crippen LogP contribution in [-0.2, 0) is 22.2 Å². The van der Waals surface area contributed by atoms with E-state index < -0.39 is 11.6 Å². The summed E-state index contributed by atoms with van der Waals surface area (Å²) in [7, 11) is 3.29. The zero-order valence-corrected chi connectivity index (χ0v) is 38.5. The molecule has 4 amide bonds. The number of carbonyl (C=O) groups excluding carboxylic acids is 3. The zero-order valence-electron chi connectivity index (χ0n) is 38.5. The Hall–Kier alpha value is -6.62. The Bertz CT molecular complexity index is 2930. The number of anilines is 2. The van der Waals surface area contributed by atoms with Gasteiger partial charge in [-0.25, -0.2) is 14.8 Å². The Kier molecular flexibility index (Phi) is 11.8. The van der Waals surface area contributed by atoms with Gasteiger partial charge in [-0.05, 0) is 93.0 Å². The number of H-pyrrole nitrogens is 1. The summed E-state index contributed by atoms with van der Waals surface area (Å²) in [6, 6.07) is 23.1. The standard InChI is InChI=1S/C51H58N10O6/c1-31-27-61(47(63)35-11-15-43(66-4)42(25-35)60-23-19-44(62)55-50(60)65)32(2)26-59(31)28-33-17-21-58(22-18-33)49-54-41-14-10-34(40-29-57(3)48(64)45-38(40)16-20-53-45)24-39(41)46(56-49)51(30-52,67-37-12-13-37)36-8-6-5-7-9-36/h5-11,14-16,20,24-25,29,31-33,37,53H,12-13,17-19,21-23,26-28,30,52H2,1-4H3,(H,55,62,65)/t31-,32+,51-/m0/s1. The van der Waals surface area contributed by atoms with Gasteiger partial charge in [0, 0.05) is 106 Å². The normalized spacial score (nSPS) is 20.6. The lowest BCUT2D eigenvalue weighted by Gasteiger charge is -2.46. The fourth-order valence-corrected chi connectivity index (χ4v) is 10.3. The number of rotatable bonds is 12. The van der Waals surface area contributed by atoms with Crippen molar-refractivity contribution in [1.82, 2.24) is 34.6 Å². The van der Waals surface area contributed by atoms with E-state index in [1.807, 2.05) is 35.4 Å². The fourth-order valence-electron chi connectivity index (χ4n) is 10.3. The van der Waals surface area contributed by atoms with Crippen molar-refractivity contribution in [3.05, 3.63) is 112 Å². The topological polar surface area (TPSA) is 184 Å². The lowest BCUT2D eigenvalue weighted by Crippen LogP contribution is -2.59. The number of imide groups is 1. The highest BCUT2D eigenvalue weighted by molar-refractivity contribution is 6.07. The molecule has 0 spiro atoms. The third-order valence-electron chi connectivity index (χ3n) is 14.2. The highest BCUT2D eigenvalue weighted by Crippen LogP contribution is 2.43. The molecule has 16 nitrogen and oxygen atoms in total. The summed E-state index contributed by atoms with van der Waals surface area (Å²) in [5.74, 6) is 1.13. The van der Waals surface area contributed by atoms with E-state index in [0.717, 1.165) is 90.5 Å². The smallest absolute Gasteiger partial charge is 0.328 e. The molecule has 6 heterocycles. The SMILES string of the molecule is COc1ccc(C(=O)N2C[C@H](C)N(CC3CCN(c4nc([C@@](CN)(OC5CC5)c5ccccc5)c5cc(-c6cn(C)c(=O)c7[nH]ccc67)ccc5n4)CC3)C[C@H]2C)cc1N1CCC(=O)NC1=O. The predicted octanol–water partition coefficient (Wildman–Crippen LogP) is 5.76. The van der Waals surface area contributed by atoms with Gasteiger partial charge < -0.3 is 34.6 Å². The molecule has 0 bridgehead atoms. The average Bonchev–Trinajstić information content (AvgIpc) is 4.03. The first-order valence-corrected chi connectivity index (χ1v) is 23.5. The minimum atomic E-state index is -1.03. The number of fused-ring (bicyclic) bond motifs is 2. The van der Waals surface area contributed by atoms with Crippen molar-refractivity contribution < 1.29 is 23.9 Å². The van der Waals surface area contributed by atoms with Crippen molar-refractivity contribution in [3.63, 3.8) is 0 Å². The summed E-state index contributed by atoms with van der Waals surface area (Å²) in [5, 5.41) is 4.06. The largest absolute Gasteiger partial charge is 0.495 e. The van der Waals surface area contributed by atoms with E-state index in [1.54, 1.807) is 36.0 Å². The molecule has 67 heavy (non-hydrogen) atoms. The Balaban J connectivity index is 0.883. The van der Waals surface area contributed by atoms with Crippen molar-refractivity contribution in [2.24, 2.45) is 18.7 Å². The fraction of sp³-hybridized carbons (Fsp3) is 0.412. The summed E-state index contributed by atoms with van der Waals surface area (Å²) >= 11 is 0. The summed E-state index contributed by atoms with van der Waals surface area (Å²) in [4.78, 5) is 73.7. The second-order valence-corrected chi connectivity index (χ2v) is 18.7. The molecule has 3 aliphatic heterocycles. The first-order valence-electron chi connectivity index (χ1n) is 23.5. The number of nitrogens with one attached hydrogen (secondary N) is 2. The van der Waals surface area contributed by atoms with Crippen LogP contribution in [0.5, 0.6) is 5.75 Å². The maximum absolute atomic E-state index is 14.1. The van der Waals surface area contributed by atoms with E-state index in [4.69, 9.17) is 25.2 Å². The highest BCUT2D eigenvalue weighted by Gasteiger charge is 2.43. The van der Waals surface area contributed by atoms with Gasteiger partial charge in [0.15, 0.2) is 0 Å². The second-order valence-electron chi connectivity index (χ2n) is 18.7. The average molecular weight is 907 g/mol. The van der Waals surface area contributed by atoms with Crippen molar-refractivity contribution in [1.29, 1.82) is 0 Å². The Morgan fingerprint density at radius 3 is 2.42 bits per heavy atom. The first-order chi connectivity index (χ1) is 32.4. The van der Waals surface area contributed by atoms with E-state index in [1.165, 1.54) is 12.0 Å². The number of benzene rings is 3. The minimum absolute atomic E-state index is 0.0386. The minimum Gasteiger partial charge on any atom is -0.495 e. The van der Waals surface area contributed by atoms with Gasteiger partial charge in [-0.2, -0.15) is 0 Å². The molecular formula is C51H58N10O6. The number of aromatic amines is 1. The van der Waals surface area contributed by atoms with Crippen LogP contribution in [0.4, 0.5) is 16.4 Å². The van der Waals surface area contributed by atoms with Gasteiger partial charge in [0.05, 0.1) is 30.1 Å². The van der Waals surface area contributed by atoms with E-state index in [-0.39, 0.29) is 55.1 Å². The van der Waals surface area contributed by atoms with Crippen LogP contribution >= 0.6 is 0 Å². The van der Waals surface area contributed by atoms with Crippen molar-refractivity contribution in [3.8, 4) is 16.9 Å². The number of nitrogens with zero attached hydrogens (tertiary/aromatic N) is 7. The number of aryl methyl sites for hydroxylation is 1. The molecule has 0 unspecified atom stereocenters. The van der Waals surface area contributed by atoms with Crippen LogP contribution in [0.25, 0.3) is 32.9 Å². The molecule has 10 rings (SSSR count). The summed E-state index contributed by atoms with van der Waals surface area (Å²) in [6.45, 7) is 8.47. The van der Waals surface area contributed by atoms with Gasteiger partial charge >= 0.3 is 6.03 Å². The maximum Gasteiger partial charge on any atom is 0.328 e. The molecule has 4 aliphatic rings. The number of methoxy groups -OCH3 is 1. The van der Waals surface area contributed by atoms with Gasteiger partial charge in [0.2, 0.25) is 11.9 Å². The molecule has 3 saturated heterocycles. The van der Waals surface area contributed by atoms with Crippen LogP contribution in [0.3, 0.4) is 0 Å². The van der Waals surface area contributed by atoms with Crippen LogP contribution in [0.1, 0.15) is 67.6 Å². The van der Waals surface area contributed by atoms with Crippen LogP contribution in [0, 0.1) is 5.92 Å². The van der Waals surface area contributed by atoms with Crippen LogP contribution in [0.15, 0.2) is 90.0 Å².